The topological polar surface area (TPSA) is 85.4 Å². The van der Waals surface area contributed by atoms with Crippen molar-refractivity contribution in [1.29, 1.82) is 0 Å². The van der Waals surface area contributed by atoms with Crippen LogP contribution in [0.15, 0.2) is 48.1 Å². The monoisotopic (exact) mass is 442 g/mol. The van der Waals surface area contributed by atoms with Gasteiger partial charge in [0.1, 0.15) is 23.9 Å². The third-order valence-corrected chi connectivity index (χ3v) is 6.42. The number of fused-ring (bicyclic) bond motifs is 1. The summed E-state index contributed by atoms with van der Waals surface area (Å²) < 4.78 is 17.6. The quantitative estimate of drug-likeness (QED) is 0.320. The Labute approximate surface area is 190 Å². The van der Waals surface area contributed by atoms with Crippen LogP contribution >= 0.6 is 0 Å². The van der Waals surface area contributed by atoms with Crippen LogP contribution in [-0.2, 0) is 23.8 Å². The first kappa shape index (κ1) is 24.2. The molecule has 1 aromatic rings. The number of benzene rings is 1. The van der Waals surface area contributed by atoms with Gasteiger partial charge in [0.05, 0.1) is 6.10 Å². The summed E-state index contributed by atoms with van der Waals surface area (Å²) in [4.78, 5) is 24.7. The molecule has 1 aromatic carbocycles. The fourth-order valence-corrected chi connectivity index (χ4v) is 4.58. The molecule has 2 aliphatic rings. The van der Waals surface area contributed by atoms with Crippen LogP contribution in [-0.4, -0.2) is 47.1 Å². The van der Waals surface area contributed by atoms with Crippen LogP contribution in [0.3, 0.4) is 0 Å². The van der Waals surface area contributed by atoms with Gasteiger partial charge >= 0.3 is 11.9 Å². The Bertz CT molecular complexity index is 874. The van der Waals surface area contributed by atoms with E-state index >= 15 is 0 Å². The Morgan fingerprint density at radius 3 is 2.53 bits per heavy atom. The molecule has 0 bridgehead atoms. The van der Waals surface area contributed by atoms with Gasteiger partial charge in [-0.2, -0.15) is 0 Å². The number of epoxide rings is 1. The number of ether oxygens (including phenoxy) is 3. The van der Waals surface area contributed by atoms with Crippen LogP contribution in [0.4, 0.5) is 0 Å². The van der Waals surface area contributed by atoms with Crippen LogP contribution < -0.4 is 0 Å². The highest BCUT2D eigenvalue weighted by molar-refractivity contribution is 5.87. The maximum Gasteiger partial charge on any atom is 0.331 e. The maximum absolute atomic E-state index is 12.7. The number of aliphatic hydroxyl groups is 1. The van der Waals surface area contributed by atoms with Gasteiger partial charge in [-0.1, -0.05) is 55.8 Å². The van der Waals surface area contributed by atoms with E-state index in [1.807, 2.05) is 64.1 Å². The van der Waals surface area contributed by atoms with E-state index in [-0.39, 0.29) is 11.8 Å². The lowest BCUT2D eigenvalue weighted by atomic mass is 9.77. The minimum absolute atomic E-state index is 0.0353. The number of aliphatic hydroxyl groups excluding tert-OH is 1. The van der Waals surface area contributed by atoms with Crippen LogP contribution in [0.25, 0.3) is 6.08 Å². The van der Waals surface area contributed by atoms with Gasteiger partial charge in [0.2, 0.25) is 0 Å². The molecule has 32 heavy (non-hydrogen) atoms. The highest BCUT2D eigenvalue weighted by atomic mass is 16.7. The molecule has 174 valence electrons. The number of carbonyl (C=O) groups excluding carboxylic acids is 2. The first-order chi connectivity index (χ1) is 15.1. The molecular formula is C26H34O6. The summed E-state index contributed by atoms with van der Waals surface area (Å²) >= 11 is 0. The predicted molar refractivity (Wildman–Crippen MR) is 122 cm³/mol. The molecule has 0 spiro atoms. The van der Waals surface area contributed by atoms with E-state index in [0.29, 0.717) is 12.8 Å². The van der Waals surface area contributed by atoms with Gasteiger partial charge in [0.15, 0.2) is 0 Å². The Hall–Kier alpha value is -2.44. The van der Waals surface area contributed by atoms with Gasteiger partial charge in [-0.15, -0.1) is 0 Å². The lowest BCUT2D eigenvalue weighted by Crippen LogP contribution is -2.46. The lowest BCUT2D eigenvalue weighted by Gasteiger charge is -2.36. The van der Waals surface area contributed by atoms with Crippen molar-refractivity contribution in [2.75, 3.05) is 0 Å². The van der Waals surface area contributed by atoms with Gasteiger partial charge in [-0.3, -0.25) is 4.79 Å². The molecule has 1 saturated heterocycles. The van der Waals surface area contributed by atoms with Gasteiger partial charge in [0.25, 0.3) is 0 Å². The average Bonchev–Trinajstić information content (AvgIpc) is 3.42. The van der Waals surface area contributed by atoms with Crippen molar-refractivity contribution >= 4 is 18.0 Å². The zero-order chi connectivity index (χ0) is 23.5. The standard InChI is InChI=1S/C26H34O6/c1-16(2)23-20(31-22(29)14-12-19-9-7-6-8-10-19)15-17(3)11-13-21(28)26(5)25(32-26)24(23)30-18(4)27/h6-12,14,16,20-21,23-25,28H,13,15H2,1-5H3/t20-,21+,23+,24+,25+,26-/m0/s1. The molecule has 1 aliphatic heterocycles. The van der Waals surface area contributed by atoms with Crippen molar-refractivity contribution in [3.8, 4) is 0 Å². The van der Waals surface area contributed by atoms with Gasteiger partial charge < -0.3 is 19.3 Å². The minimum atomic E-state index is -0.802. The number of esters is 2. The fourth-order valence-electron chi connectivity index (χ4n) is 4.58. The van der Waals surface area contributed by atoms with Crippen molar-refractivity contribution in [3.63, 3.8) is 0 Å². The normalized spacial score (nSPS) is 32.7. The molecule has 1 heterocycles. The predicted octanol–water partition coefficient (Wildman–Crippen LogP) is 4.07. The van der Waals surface area contributed by atoms with E-state index in [9.17, 15) is 14.7 Å². The molecule has 0 saturated carbocycles. The zero-order valence-electron chi connectivity index (χ0n) is 19.5. The summed E-state index contributed by atoms with van der Waals surface area (Å²) in [5, 5.41) is 10.7. The molecule has 1 fully saturated rings. The van der Waals surface area contributed by atoms with E-state index < -0.39 is 42.0 Å². The third kappa shape index (κ3) is 5.67. The van der Waals surface area contributed by atoms with Crippen LogP contribution in [0, 0.1) is 11.8 Å². The lowest BCUT2D eigenvalue weighted by molar-refractivity contribution is -0.161. The van der Waals surface area contributed by atoms with E-state index in [4.69, 9.17) is 14.2 Å². The van der Waals surface area contributed by atoms with E-state index in [0.717, 1.165) is 11.1 Å². The first-order valence-electron chi connectivity index (χ1n) is 11.2. The fraction of sp³-hybridized carbons (Fsp3) is 0.538. The highest BCUT2D eigenvalue weighted by Gasteiger charge is 2.64. The molecule has 1 N–H and O–H groups in total. The van der Waals surface area contributed by atoms with Crippen LogP contribution in [0.2, 0.25) is 0 Å². The Balaban J connectivity index is 1.90. The van der Waals surface area contributed by atoms with Gasteiger partial charge in [-0.05, 0) is 37.8 Å². The van der Waals surface area contributed by atoms with E-state index in [2.05, 4.69) is 0 Å². The van der Waals surface area contributed by atoms with Crippen molar-refractivity contribution in [2.24, 2.45) is 11.8 Å². The highest BCUT2D eigenvalue weighted by Crippen LogP contribution is 2.48. The second-order valence-corrected chi connectivity index (χ2v) is 9.34. The smallest absolute Gasteiger partial charge is 0.331 e. The summed E-state index contributed by atoms with van der Waals surface area (Å²) in [5.74, 6) is -1.14. The molecule has 0 unspecified atom stereocenters. The molecule has 0 amide bonds. The third-order valence-electron chi connectivity index (χ3n) is 6.42. The molecule has 0 aromatic heterocycles. The average molecular weight is 443 g/mol. The second kappa shape index (κ2) is 10.0. The maximum atomic E-state index is 12.7. The van der Waals surface area contributed by atoms with Crippen molar-refractivity contribution < 1.29 is 28.9 Å². The zero-order valence-corrected chi connectivity index (χ0v) is 19.5. The Morgan fingerprint density at radius 2 is 1.91 bits per heavy atom. The summed E-state index contributed by atoms with van der Waals surface area (Å²) in [6, 6.07) is 9.53. The van der Waals surface area contributed by atoms with Crippen LogP contribution in [0.5, 0.6) is 0 Å². The van der Waals surface area contributed by atoms with Gasteiger partial charge in [0, 0.05) is 25.3 Å². The second-order valence-electron chi connectivity index (χ2n) is 9.34. The SMILES string of the molecule is CC(=O)O[C@@H]1[C@H](C(C)C)[C@@H](OC(=O)C=Cc2ccccc2)CC(C)=CC[C@@H](O)[C@]2(C)O[C@H]12. The van der Waals surface area contributed by atoms with Crippen molar-refractivity contribution in [1.82, 2.24) is 0 Å². The van der Waals surface area contributed by atoms with Crippen molar-refractivity contribution in [3.05, 3.63) is 53.6 Å². The molecule has 6 nitrogen and oxygen atoms in total. The molecule has 3 rings (SSSR count). The summed E-state index contributed by atoms with van der Waals surface area (Å²) in [6.45, 7) is 9.19. The van der Waals surface area contributed by atoms with Crippen LogP contribution in [0.1, 0.15) is 53.0 Å². The molecule has 6 heteroatoms. The first-order valence-corrected chi connectivity index (χ1v) is 11.2. The summed E-state index contributed by atoms with van der Waals surface area (Å²) in [6.07, 6.45) is 3.72. The van der Waals surface area contributed by atoms with E-state index in [1.54, 1.807) is 6.08 Å². The Morgan fingerprint density at radius 1 is 1.22 bits per heavy atom. The minimum Gasteiger partial charge on any atom is -0.459 e. The molecule has 1 aliphatic carbocycles. The number of hydrogen-bond acceptors (Lipinski definition) is 6. The summed E-state index contributed by atoms with van der Waals surface area (Å²) in [5.41, 5.74) is 1.10. The van der Waals surface area contributed by atoms with Crippen molar-refractivity contribution in [2.45, 2.75) is 77.5 Å². The van der Waals surface area contributed by atoms with Gasteiger partial charge in [-0.25, -0.2) is 4.79 Å². The largest absolute Gasteiger partial charge is 0.459 e. The number of hydrogen-bond donors (Lipinski definition) is 1. The summed E-state index contributed by atoms with van der Waals surface area (Å²) in [7, 11) is 0. The molecule has 6 atom stereocenters. The molecule has 0 radical (unpaired) electrons. The Kier molecular flexibility index (Phi) is 7.57. The van der Waals surface area contributed by atoms with E-state index in [1.165, 1.54) is 13.0 Å². The molecular weight excluding hydrogens is 408 g/mol. The number of rotatable bonds is 5. The number of carbonyl (C=O) groups is 2.